The lowest BCUT2D eigenvalue weighted by Gasteiger charge is -2.03. The van der Waals surface area contributed by atoms with E-state index in [2.05, 4.69) is 15.5 Å². The Morgan fingerprint density at radius 2 is 1.88 bits per heavy atom. The van der Waals surface area contributed by atoms with Crippen molar-refractivity contribution in [2.75, 3.05) is 5.32 Å². The second kappa shape index (κ2) is 5.07. The van der Waals surface area contributed by atoms with Gasteiger partial charge in [0.15, 0.2) is 0 Å². The van der Waals surface area contributed by atoms with Crippen molar-refractivity contribution in [1.29, 1.82) is 0 Å². The highest BCUT2D eigenvalue weighted by Gasteiger charge is 1.99. The van der Waals surface area contributed by atoms with Gasteiger partial charge in [-0.05, 0) is 37.3 Å². The molecular weight excluding hydrogens is 216 g/mol. The molecule has 1 heterocycles. The predicted octanol–water partition coefficient (Wildman–Crippen LogP) is 1.78. The normalized spacial score (nSPS) is 10.6. The molecular formula is C12H12N4O. The van der Waals surface area contributed by atoms with Gasteiger partial charge in [0.1, 0.15) is 0 Å². The van der Waals surface area contributed by atoms with Crippen LogP contribution in [-0.4, -0.2) is 20.9 Å². The monoisotopic (exact) mass is 228 g/mol. The van der Waals surface area contributed by atoms with Crippen LogP contribution >= 0.6 is 0 Å². The van der Waals surface area contributed by atoms with Crippen LogP contribution < -0.4 is 5.32 Å². The molecule has 0 aliphatic heterocycles. The molecule has 0 aliphatic carbocycles. The molecule has 0 unspecified atom stereocenters. The lowest BCUT2D eigenvalue weighted by atomic mass is 10.3. The van der Waals surface area contributed by atoms with Crippen molar-refractivity contribution >= 4 is 11.6 Å². The summed E-state index contributed by atoms with van der Waals surface area (Å²) in [6.45, 7) is 1.80. The Hall–Kier alpha value is -2.43. The molecule has 86 valence electrons. The van der Waals surface area contributed by atoms with E-state index >= 15 is 0 Å². The molecule has 2 aromatic rings. The summed E-state index contributed by atoms with van der Waals surface area (Å²) in [6, 6.07) is 7.29. The Morgan fingerprint density at radius 3 is 2.47 bits per heavy atom. The molecule has 5 nitrogen and oxygen atoms in total. The largest absolute Gasteiger partial charge is 0.323 e. The second-order valence-corrected chi connectivity index (χ2v) is 3.35. The fourth-order valence-corrected chi connectivity index (χ4v) is 1.36. The van der Waals surface area contributed by atoms with Crippen molar-refractivity contribution in [3.8, 4) is 5.69 Å². The Labute approximate surface area is 98.8 Å². The smallest absolute Gasteiger partial charge is 0.248 e. The van der Waals surface area contributed by atoms with Gasteiger partial charge >= 0.3 is 0 Å². The number of amides is 1. The minimum absolute atomic E-state index is 0.141. The number of hydrogen-bond acceptors (Lipinski definition) is 3. The Balaban J connectivity index is 2.11. The summed E-state index contributed by atoms with van der Waals surface area (Å²) in [4.78, 5) is 12.8. The molecule has 0 aliphatic rings. The van der Waals surface area contributed by atoms with Gasteiger partial charge in [-0.25, -0.2) is 0 Å². The molecule has 1 aromatic carbocycles. The molecule has 17 heavy (non-hydrogen) atoms. The van der Waals surface area contributed by atoms with E-state index in [0.29, 0.717) is 0 Å². The summed E-state index contributed by atoms with van der Waals surface area (Å²) < 4.78 is 0. The van der Waals surface area contributed by atoms with Gasteiger partial charge in [0, 0.05) is 5.69 Å². The summed E-state index contributed by atoms with van der Waals surface area (Å²) in [5.41, 5.74) is 1.59. The molecule has 2 rings (SSSR count). The Bertz CT molecular complexity index is 514. The minimum atomic E-state index is -0.141. The van der Waals surface area contributed by atoms with E-state index < -0.39 is 0 Å². The number of aromatic nitrogens is 3. The maximum Gasteiger partial charge on any atom is 0.248 e. The number of anilines is 1. The summed E-state index contributed by atoms with van der Waals surface area (Å²) in [5.74, 6) is -0.141. The predicted molar refractivity (Wildman–Crippen MR) is 64.8 cm³/mol. The highest BCUT2D eigenvalue weighted by atomic mass is 16.1. The molecule has 1 amide bonds. The van der Waals surface area contributed by atoms with Gasteiger partial charge in [-0.1, -0.05) is 6.08 Å². The lowest BCUT2D eigenvalue weighted by Crippen LogP contribution is -2.07. The molecule has 0 saturated carbocycles. The molecule has 1 N–H and O–H groups in total. The van der Waals surface area contributed by atoms with Crippen LogP contribution in [0.2, 0.25) is 0 Å². The third-order valence-corrected chi connectivity index (χ3v) is 2.10. The topological polar surface area (TPSA) is 59.8 Å². The van der Waals surface area contributed by atoms with E-state index in [-0.39, 0.29) is 5.91 Å². The fraction of sp³-hybridized carbons (Fsp3) is 0.0833. The van der Waals surface area contributed by atoms with Gasteiger partial charge in [0.2, 0.25) is 5.91 Å². The van der Waals surface area contributed by atoms with Gasteiger partial charge < -0.3 is 5.32 Å². The van der Waals surface area contributed by atoms with Crippen molar-refractivity contribution < 1.29 is 4.79 Å². The van der Waals surface area contributed by atoms with Crippen LogP contribution in [-0.2, 0) is 4.79 Å². The zero-order chi connectivity index (χ0) is 12.1. The van der Waals surface area contributed by atoms with Crippen LogP contribution in [0.25, 0.3) is 5.69 Å². The molecule has 1 aromatic heterocycles. The van der Waals surface area contributed by atoms with Crippen LogP contribution in [0.15, 0.2) is 48.8 Å². The zero-order valence-electron chi connectivity index (χ0n) is 9.37. The molecule has 0 spiro atoms. The van der Waals surface area contributed by atoms with Crippen LogP contribution in [0, 0.1) is 0 Å². The highest BCUT2D eigenvalue weighted by molar-refractivity contribution is 5.99. The number of allylic oxidation sites excluding steroid dienone is 1. The first-order valence-electron chi connectivity index (χ1n) is 5.20. The standard InChI is InChI=1S/C12H12N4O/c1-2-3-12(17)15-10-4-6-11(7-5-10)16-13-8-9-14-16/h2-9H,1H3,(H,15,17). The Kier molecular flexibility index (Phi) is 3.30. The summed E-state index contributed by atoms with van der Waals surface area (Å²) in [7, 11) is 0. The lowest BCUT2D eigenvalue weighted by molar-refractivity contribution is -0.111. The van der Waals surface area contributed by atoms with Crippen LogP contribution in [0.1, 0.15) is 6.92 Å². The van der Waals surface area contributed by atoms with Gasteiger partial charge in [0.05, 0.1) is 18.1 Å². The fourth-order valence-electron chi connectivity index (χ4n) is 1.36. The number of nitrogens with one attached hydrogen (secondary N) is 1. The maximum absolute atomic E-state index is 11.3. The highest BCUT2D eigenvalue weighted by Crippen LogP contribution is 2.11. The number of hydrogen-bond donors (Lipinski definition) is 1. The van der Waals surface area contributed by atoms with Gasteiger partial charge in [-0.3, -0.25) is 4.79 Å². The first-order valence-corrected chi connectivity index (χ1v) is 5.20. The molecule has 5 heteroatoms. The van der Waals surface area contributed by atoms with Gasteiger partial charge in [-0.2, -0.15) is 15.0 Å². The average Bonchev–Trinajstić information content (AvgIpc) is 2.84. The van der Waals surface area contributed by atoms with Crippen LogP contribution in [0.3, 0.4) is 0 Å². The molecule has 0 saturated heterocycles. The minimum Gasteiger partial charge on any atom is -0.323 e. The van der Waals surface area contributed by atoms with E-state index in [9.17, 15) is 4.79 Å². The third-order valence-electron chi connectivity index (χ3n) is 2.10. The van der Waals surface area contributed by atoms with Crippen molar-refractivity contribution in [3.63, 3.8) is 0 Å². The number of nitrogens with zero attached hydrogens (tertiary/aromatic N) is 3. The molecule has 0 fully saturated rings. The molecule has 0 atom stereocenters. The van der Waals surface area contributed by atoms with E-state index in [1.165, 1.54) is 10.9 Å². The number of carbonyl (C=O) groups is 1. The quantitative estimate of drug-likeness (QED) is 0.814. The third kappa shape index (κ3) is 2.78. The van der Waals surface area contributed by atoms with Crippen LogP contribution in [0.5, 0.6) is 0 Å². The van der Waals surface area contributed by atoms with Crippen molar-refractivity contribution in [1.82, 2.24) is 15.0 Å². The van der Waals surface area contributed by atoms with Gasteiger partial charge in [-0.15, -0.1) is 0 Å². The second-order valence-electron chi connectivity index (χ2n) is 3.35. The van der Waals surface area contributed by atoms with Crippen molar-refractivity contribution in [2.24, 2.45) is 0 Å². The molecule has 0 radical (unpaired) electrons. The first kappa shape index (κ1) is 11.1. The van der Waals surface area contributed by atoms with Crippen LogP contribution in [0.4, 0.5) is 5.69 Å². The van der Waals surface area contributed by atoms with E-state index in [0.717, 1.165) is 11.4 Å². The number of carbonyl (C=O) groups excluding carboxylic acids is 1. The summed E-state index contributed by atoms with van der Waals surface area (Å²) in [6.07, 6.45) is 6.39. The van der Waals surface area contributed by atoms with Crippen molar-refractivity contribution in [2.45, 2.75) is 6.92 Å². The first-order chi connectivity index (χ1) is 8.29. The Morgan fingerprint density at radius 1 is 1.24 bits per heavy atom. The van der Waals surface area contributed by atoms with E-state index in [1.54, 1.807) is 37.5 Å². The van der Waals surface area contributed by atoms with E-state index in [4.69, 9.17) is 0 Å². The van der Waals surface area contributed by atoms with Gasteiger partial charge in [0.25, 0.3) is 0 Å². The number of rotatable bonds is 3. The summed E-state index contributed by atoms with van der Waals surface area (Å²) >= 11 is 0. The maximum atomic E-state index is 11.3. The zero-order valence-corrected chi connectivity index (χ0v) is 9.37. The average molecular weight is 228 g/mol. The van der Waals surface area contributed by atoms with Crippen molar-refractivity contribution in [3.05, 3.63) is 48.8 Å². The number of benzene rings is 1. The molecule has 0 bridgehead atoms. The SMILES string of the molecule is CC=CC(=O)Nc1ccc(-n2nccn2)cc1. The summed E-state index contributed by atoms with van der Waals surface area (Å²) in [5, 5.41) is 10.8. The van der Waals surface area contributed by atoms with E-state index in [1.807, 2.05) is 12.1 Å².